The Bertz CT molecular complexity index is 608. The van der Waals surface area contributed by atoms with E-state index < -0.39 is 5.97 Å². The first-order chi connectivity index (χ1) is 12.5. The quantitative estimate of drug-likeness (QED) is 0.681. The Morgan fingerprint density at radius 1 is 1.19 bits per heavy atom. The van der Waals surface area contributed by atoms with Crippen molar-refractivity contribution < 1.29 is 23.8 Å². The summed E-state index contributed by atoms with van der Waals surface area (Å²) in [7, 11) is 1.52. The molecule has 1 N–H and O–H groups in total. The van der Waals surface area contributed by atoms with Crippen LogP contribution < -0.4 is 14.8 Å². The lowest BCUT2D eigenvalue weighted by Crippen LogP contribution is -2.35. The molecule has 2 rings (SSSR count). The van der Waals surface area contributed by atoms with Crippen LogP contribution in [0.25, 0.3) is 0 Å². The Kier molecular flexibility index (Phi) is 7.75. The molecule has 0 heterocycles. The maximum atomic E-state index is 12.2. The molecule has 1 aliphatic carbocycles. The van der Waals surface area contributed by atoms with Crippen molar-refractivity contribution in [3.05, 3.63) is 23.8 Å². The van der Waals surface area contributed by atoms with Crippen molar-refractivity contribution in [1.82, 2.24) is 5.32 Å². The SMILES string of the molecule is COc1cc(C(=O)OCC(=O)NC2CCCC2)ccc1OCCC(C)C. The van der Waals surface area contributed by atoms with E-state index in [-0.39, 0.29) is 18.6 Å². The van der Waals surface area contributed by atoms with Crippen molar-refractivity contribution in [2.45, 2.75) is 52.0 Å². The molecular weight excluding hydrogens is 334 g/mol. The van der Waals surface area contributed by atoms with Crippen LogP contribution in [0.1, 0.15) is 56.3 Å². The molecule has 0 unspecified atom stereocenters. The van der Waals surface area contributed by atoms with Gasteiger partial charge in [-0.2, -0.15) is 0 Å². The number of hydrogen-bond donors (Lipinski definition) is 1. The standard InChI is InChI=1S/C20H29NO5/c1-14(2)10-11-25-17-9-8-15(12-18(17)24-3)20(23)26-13-19(22)21-16-6-4-5-7-16/h8-9,12,14,16H,4-7,10-11,13H2,1-3H3,(H,21,22). The van der Waals surface area contributed by atoms with Crippen LogP contribution in [0, 0.1) is 5.92 Å². The number of esters is 1. The van der Waals surface area contributed by atoms with Crippen molar-refractivity contribution in [2.75, 3.05) is 20.3 Å². The van der Waals surface area contributed by atoms with E-state index in [1.54, 1.807) is 18.2 Å². The average Bonchev–Trinajstić information content (AvgIpc) is 3.12. The van der Waals surface area contributed by atoms with E-state index in [1.807, 2.05) is 0 Å². The van der Waals surface area contributed by atoms with E-state index in [0.717, 1.165) is 32.1 Å². The van der Waals surface area contributed by atoms with Gasteiger partial charge in [0.25, 0.3) is 5.91 Å². The fraction of sp³-hybridized carbons (Fsp3) is 0.600. The summed E-state index contributed by atoms with van der Waals surface area (Å²) < 4.78 is 16.1. The lowest BCUT2D eigenvalue weighted by Gasteiger charge is -2.14. The van der Waals surface area contributed by atoms with Crippen molar-refractivity contribution in [1.29, 1.82) is 0 Å². The second-order valence-electron chi connectivity index (χ2n) is 7.02. The maximum Gasteiger partial charge on any atom is 0.338 e. The lowest BCUT2D eigenvalue weighted by atomic mass is 10.1. The normalized spacial score (nSPS) is 14.3. The molecule has 1 saturated carbocycles. The third-order valence-corrected chi connectivity index (χ3v) is 4.41. The minimum atomic E-state index is -0.557. The van der Waals surface area contributed by atoms with Gasteiger partial charge in [0, 0.05) is 6.04 Å². The van der Waals surface area contributed by atoms with Gasteiger partial charge in [0.1, 0.15) is 0 Å². The molecule has 0 aromatic heterocycles. The topological polar surface area (TPSA) is 73.9 Å². The first-order valence-electron chi connectivity index (χ1n) is 9.27. The van der Waals surface area contributed by atoms with E-state index in [9.17, 15) is 9.59 Å². The monoisotopic (exact) mass is 363 g/mol. The van der Waals surface area contributed by atoms with Crippen molar-refractivity contribution in [3.63, 3.8) is 0 Å². The minimum Gasteiger partial charge on any atom is -0.493 e. The van der Waals surface area contributed by atoms with Crippen LogP contribution in [0.5, 0.6) is 11.5 Å². The molecule has 1 aliphatic rings. The smallest absolute Gasteiger partial charge is 0.338 e. The zero-order chi connectivity index (χ0) is 18.9. The van der Waals surface area contributed by atoms with Gasteiger partial charge in [-0.25, -0.2) is 4.79 Å². The molecule has 0 saturated heterocycles. The fourth-order valence-electron chi connectivity index (χ4n) is 2.87. The summed E-state index contributed by atoms with van der Waals surface area (Å²) in [5, 5.41) is 2.89. The van der Waals surface area contributed by atoms with Crippen LogP contribution in [-0.2, 0) is 9.53 Å². The number of hydrogen-bond acceptors (Lipinski definition) is 5. The zero-order valence-electron chi connectivity index (χ0n) is 15.9. The summed E-state index contributed by atoms with van der Waals surface area (Å²) in [5.41, 5.74) is 0.326. The van der Waals surface area contributed by atoms with Crippen LogP contribution in [-0.4, -0.2) is 38.2 Å². The van der Waals surface area contributed by atoms with Gasteiger partial charge in [0.2, 0.25) is 0 Å². The predicted octanol–water partition coefficient (Wildman–Crippen LogP) is 3.34. The van der Waals surface area contributed by atoms with E-state index in [1.165, 1.54) is 7.11 Å². The largest absolute Gasteiger partial charge is 0.493 e. The molecule has 6 heteroatoms. The van der Waals surface area contributed by atoms with Gasteiger partial charge in [-0.15, -0.1) is 0 Å². The number of methoxy groups -OCH3 is 1. The van der Waals surface area contributed by atoms with Crippen LogP contribution in [0.4, 0.5) is 0 Å². The Hall–Kier alpha value is -2.24. The molecule has 0 aliphatic heterocycles. The van der Waals surface area contributed by atoms with E-state index in [4.69, 9.17) is 14.2 Å². The summed E-state index contributed by atoms with van der Waals surface area (Å²) in [4.78, 5) is 24.0. The molecule has 144 valence electrons. The van der Waals surface area contributed by atoms with E-state index >= 15 is 0 Å². The third kappa shape index (κ3) is 6.24. The summed E-state index contributed by atoms with van der Waals surface area (Å²) in [6.45, 7) is 4.56. The number of carbonyl (C=O) groups excluding carboxylic acids is 2. The van der Waals surface area contributed by atoms with Crippen LogP contribution in [0.15, 0.2) is 18.2 Å². The lowest BCUT2D eigenvalue weighted by molar-refractivity contribution is -0.124. The summed E-state index contributed by atoms with van der Waals surface area (Å²) in [6.07, 6.45) is 5.19. The molecule has 1 fully saturated rings. The van der Waals surface area contributed by atoms with Gasteiger partial charge in [0.05, 0.1) is 19.3 Å². The van der Waals surface area contributed by atoms with E-state index in [2.05, 4.69) is 19.2 Å². The van der Waals surface area contributed by atoms with Crippen molar-refractivity contribution in [3.8, 4) is 11.5 Å². The van der Waals surface area contributed by atoms with Gasteiger partial charge < -0.3 is 19.5 Å². The average molecular weight is 363 g/mol. The summed E-state index contributed by atoms with van der Waals surface area (Å²) in [6, 6.07) is 5.09. The molecule has 1 amide bonds. The highest BCUT2D eigenvalue weighted by atomic mass is 16.5. The molecule has 0 atom stereocenters. The van der Waals surface area contributed by atoms with Gasteiger partial charge >= 0.3 is 5.97 Å². The summed E-state index contributed by atoms with van der Waals surface area (Å²) in [5.74, 6) is 0.789. The Morgan fingerprint density at radius 3 is 2.58 bits per heavy atom. The van der Waals surface area contributed by atoms with Gasteiger partial charge in [0.15, 0.2) is 18.1 Å². The molecule has 26 heavy (non-hydrogen) atoms. The van der Waals surface area contributed by atoms with Crippen LogP contribution >= 0.6 is 0 Å². The second kappa shape index (κ2) is 10.0. The fourth-order valence-corrected chi connectivity index (χ4v) is 2.87. The van der Waals surface area contributed by atoms with Crippen LogP contribution in [0.3, 0.4) is 0 Å². The van der Waals surface area contributed by atoms with E-state index in [0.29, 0.717) is 29.6 Å². The highest BCUT2D eigenvalue weighted by Crippen LogP contribution is 2.28. The number of carbonyl (C=O) groups is 2. The van der Waals surface area contributed by atoms with Crippen molar-refractivity contribution >= 4 is 11.9 Å². The minimum absolute atomic E-state index is 0.212. The predicted molar refractivity (Wildman–Crippen MR) is 98.6 cm³/mol. The first-order valence-corrected chi connectivity index (χ1v) is 9.27. The molecule has 6 nitrogen and oxygen atoms in total. The van der Waals surface area contributed by atoms with Crippen molar-refractivity contribution in [2.24, 2.45) is 5.92 Å². The number of ether oxygens (including phenoxy) is 3. The second-order valence-corrected chi connectivity index (χ2v) is 7.02. The molecular formula is C20H29NO5. The molecule has 1 aromatic carbocycles. The number of benzene rings is 1. The highest BCUT2D eigenvalue weighted by molar-refractivity contribution is 5.92. The molecule has 0 bridgehead atoms. The number of nitrogens with one attached hydrogen (secondary N) is 1. The Balaban J connectivity index is 1.86. The third-order valence-electron chi connectivity index (χ3n) is 4.41. The van der Waals surface area contributed by atoms with Crippen LogP contribution in [0.2, 0.25) is 0 Å². The van der Waals surface area contributed by atoms with Gasteiger partial charge in [-0.05, 0) is 43.4 Å². The van der Waals surface area contributed by atoms with Gasteiger partial charge in [-0.1, -0.05) is 26.7 Å². The highest BCUT2D eigenvalue weighted by Gasteiger charge is 2.19. The van der Waals surface area contributed by atoms with Gasteiger partial charge in [-0.3, -0.25) is 4.79 Å². The molecule has 1 aromatic rings. The Labute approximate surface area is 155 Å². The molecule has 0 radical (unpaired) electrons. The maximum absolute atomic E-state index is 12.2. The molecule has 0 spiro atoms. The zero-order valence-corrected chi connectivity index (χ0v) is 15.9. The number of amides is 1. The first kappa shape index (κ1) is 20.1. The Morgan fingerprint density at radius 2 is 1.92 bits per heavy atom. The number of rotatable bonds is 9. The summed E-state index contributed by atoms with van der Waals surface area (Å²) >= 11 is 0.